The van der Waals surface area contributed by atoms with Gasteiger partial charge >= 0.3 is 0 Å². The van der Waals surface area contributed by atoms with E-state index in [1.54, 1.807) is 19.9 Å². The van der Waals surface area contributed by atoms with Gasteiger partial charge in [0.1, 0.15) is 6.61 Å². The van der Waals surface area contributed by atoms with Crippen LogP contribution in [0.5, 0.6) is 0 Å². The van der Waals surface area contributed by atoms with E-state index in [1.807, 2.05) is 60.0 Å². The Hall–Kier alpha value is -3.13. The first kappa shape index (κ1) is 23.5. The second-order valence-corrected chi connectivity index (χ2v) is 7.89. The third-order valence-electron chi connectivity index (χ3n) is 4.90. The third-order valence-corrected chi connectivity index (χ3v) is 5.20. The molecule has 168 valence electrons. The van der Waals surface area contributed by atoms with Gasteiger partial charge in [0, 0.05) is 16.8 Å². The largest absolute Gasteiger partial charge is 0.401 e. The summed E-state index contributed by atoms with van der Waals surface area (Å²) in [5.74, 6) is -0.446. The van der Waals surface area contributed by atoms with E-state index in [0.717, 1.165) is 22.3 Å². The molecular formula is C24H27ClN4O3. The maximum Gasteiger partial charge on any atom is 0.250 e. The Morgan fingerprint density at radius 3 is 2.62 bits per heavy atom. The molecular weight excluding hydrogens is 428 g/mol. The maximum atomic E-state index is 12.4. The van der Waals surface area contributed by atoms with E-state index < -0.39 is 12.2 Å². The number of nitrogens with two attached hydrogens (primary N) is 1. The Morgan fingerprint density at radius 1 is 1.22 bits per heavy atom. The summed E-state index contributed by atoms with van der Waals surface area (Å²) in [6.07, 6.45) is -1.20. The maximum absolute atomic E-state index is 12.4. The summed E-state index contributed by atoms with van der Waals surface area (Å²) in [7, 11) is 0. The quantitative estimate of drug-likeness (QED) is 0.353. The van der Waals surface area contributed by atoms with E-state index >= 15 is 0 Å². The van der Waals surface area contributed by atoms with Crippen molar-refractivity contribution in [3.8, 4) is 0 Å². The van der Waals surface area contributed by atoms with Crippen LogP contribution in [-0.2, 0) is 16.1 Å². The number of aliphatic hydroxyl groups excluding tert-OH is 1. The molecule has 0 radical (unpaired) electrons. The minimum Gasteiger partial charge on any atom is -0.401 e. The summed E-state index contributed by atoms with van der Waals surface area (Å²) in [4.78, 5) is 16.9. The summed E-state index contributed by atoms with van der Waals surface area (Å²) in [6, 6.07) is 17.0. The van der Waals surface area contributed by atoms with Crippen LogP contribution in [0.15, 0.2) is 71.0 Å². The van der Waals surface area contributed by atoms with Crippen LogP contribution in [0, 0.1) is 6.92 Å². The summed E-state index contributed by atoms with van der Waals surface area (Å²) in [5.41, 5.74) is 9.83. The standard InChI is InChI=1S/C24H27ClN4O3/c1-15-12-18-8-7-11-20(25)24(18)29(15)13-22(31)32-14-21(30)28-23(16(2)26)17(3)27-19-9-5-4-6-10-19/h4-12,22,31H,13-14,26H2,1-3H3,(H,28,30). The van der Waals surface area contributed by atoms with Crippen LogP contribution in [0.1, 0.15) is 19.5 Å². The first-order valence-corrected chi connectivity index (χ1v) is 10.5. The van der Waals surface area contributed by atoms with Crippen molar-refractivity contribution in [2.24, 2.45) is 10.7 Å². The van der Waals surface area contributed by atoms with Crippen LogP contribution in [-0.4, -0.2) is 34.2 Å². The number of aliphatic hydroxyl groups is 1. The van der Waals surface area contributed by atoms with Gasteiger partial charge in [0.2, 0.25) is 0 Å². The number of aliphatic imine (C=N–C) groups is 1. The molecule has 0 aliphatic rings. The zero-order valence-corrected chi connectivity index (χ0v) is 19.1. The lowest BCUT2D eigenvalue weighted by atomic mass is 10.2. The van der Waals surface area contributed by atoms with Crippen molar-refractivity contribution in [1.29, 1.82) is 0 Å². The van der Waals surface area contributed by atoms with Gasteiger partial charge in [0.05, 0.1) is 34.2 Å². The van der Waals surface area contributed by atoms with Gasteiger partial charge in [-0.15, -0.1) is 0 Å². The van der Waals surface area contributed by atoms with Gasteiger partial charge in [-0.2, -0.15) is 0 Å². The van der Waals surface area contributed by atoms with E-state index in [4.69, 9.17) is 22.1 Å². The first-order chi connectivity index (χ1) is 15.3. The van der Waals surface area contributed by atoms with Crippen molar-refractivity contribution in [1.82, 2.24) is 9.88 Å². The number of hydrogen-bond acceptors (Lipinski definition) is 5. The summed E-state index contributed by atoms with van der Waals surface area (Å²) in [5, 5.41) is 14.6. The van der Waals surface area contributed by atoms with E-state index in [9.17, 15) is 9.90 Å². The van der Waals surface area contributed by atoms with Gasteiger partial charge in [0.25, 0.3) is 5.91 Å². The number of amides is 1. The number of carbonyl (C=O) groups is 1. The zero-order valence-electron chi connectivity index (χ0n) is 18.3. The molecule has 3 aromatic rings. The van der Waals surface area contributed by atoms with E-state index in [0.29, 0.717) is 22.1 Å². The number of aromatic nitrogens is 1. The molecule has 1 unspecified atom stereocenters. The number of ether oxygens (including phenoxy) is 1. The predicted octanol–water partition coefficient (Wildman–Crippen LogP) is 4.04. The number of para-hydroxylation sites is 2. The Morgan fingerprint density at radius 2 is 1.94 bits per heavy atom. The molecule has 3 rings (SSSR count). The van der Waals surface area contributed by atoms with E-state index in [-0.39, 0.29) is 13.2 Å². The van der Waals surface area contributed by atoms with Crippen molar-refractivity contribution in [2.45, 2.75) is 33.6 Å². The second kappa shape index (κ2) is 10.5. The van der Waals surface area contributed by atoms with Crippen molar-refractivity contribution in [2.75, 3.05) is 6.61 Å². The van der Waals surface area contributed by atoms with Gasteiger partial charge in [-0.3, -0.25) is 9.79 Å². The Kier molecular flexibility index (Phi) is 7.69. The lowest BCUT2D eigenvalue weighted by molar-refractivity contribution is -0.142. The Balaban J connectivity index is 1.62. The molecule has 8 heteroatoms. The molecule has 0 saturated heterocycles. The summed E-state index contributed by atoms with van der Waals surface area (Å²) >= 11 is 6.33. The number of fused-ring (bicyclic) bond motifs is 1. The molecule has 0 spiro atoms. The predicted molar refractivity (Wildman–Crippen MR) is 128 cm³/mol. The number of allylic oxidation sites excluding steroid dienone is 2. The van der Waals surface area contributed by atoms with E-state index in [1.165, 1.54) is 0 Å². The average molecular weight is 455 g/mol. The molecule has 1 heterocycles. The molecule has 0 aliphatic carbocycles. The fraction of sp³-hybridized carbons (Fsp3) is 0.250. The highest BCUT2D eigenvalue weighted by molar-refractivity contribution is 6.35. The van der Waals surface area contributed by atoms with Crippen molar-refractivity contribution >= 4 is 39.8 Å². The second-order valence-electron chi connectivity index (χ2n) is 7.48. The Labute approximate surface area is 192 Å². The van der Waals surface area contributed by atoms with Gasteiger partial charge in [-0.05, 0) is 45.0 Å². The van der Waals surface area contributed by atoms with Gasteiger partial charge in [-0.1, -0.05) is 41.9 Å². The first-order valence-electron chi connectivity index (χ1n) is 10.2. The fourth-order valence-electron chi connectivity index (χ4n) is 3.43. The fourth-order valence-corrected chi connectivity index (χ4v) is 3.71. The average Bonchev–Trinajstić information content (AvgIpc) is 3.07. The molecule has 4 N–H and O–H groups in total. The molecule has 2 aromatic carbocycles. The minimum absolute atomic E-state index is 0.138. The molecule has 1 atom stereocenters. The number of nitrogens with one attached hydrogen (secondary N) is 1. The summed E-state index contributed by atoms with van der Waals surface area (Å²) < 4.78 is 7.24. The normalized spacial score (nSPS) is 13.7. The lowest BCUT2D eigenvalue weighted by Crippen LogP contribution is -2.34. The van der Waals surface area contributed by atoms with Crippen LogP contribution >= 0.6 is 11.6 Å². The number of nitrogens with zero attached hydrogens (tertiary/aromatic N) is 2. The monoisotopic (exact) mass is 454 g/mol. The number of carbonyl (C=O) groups excluding carboxylic acids is 1. The Bertz CT molecular complexity index is 1160. The van der Waals surface area contributed by atoms with Crippen LogP contribution < -0.4 is 11.1 Å². The third kappa shape index (κ3) is 5.76. The molecule has 0 aliphatic heterocycles. The molecule has 1 aromatic heterocycles. The number of rotatable bonds is 8. The molecule has 32 heavy (non-hydrogen) atoms. The summed E-state index contributed by atoms with van der Waals surface area (Å²) in [6.45, 7) is 5.16. The van der Waals surface area contributed by atoms with Crippen LogP contribution in [0.2, 0.25) is 5.02 Å². The van der Waals surface area contributed by atoms with Crippen LogP contribution in [0.25, 0.3) is 10.9 Å². The highest BCUT2D eigenvalue weighted by atomic mass is 35.5. The van der Waals surface area contributed by atoms with Crippen molar-refractivity contribution < 1.29 is 14.6 Å². The SMILES string of the molecule is CC(=Nc1ccccc1)C(NC(=O)COC(O)Cn1c(C)cc2cccc(Cl)c21)=C(C)N. The van der Waals surface area contributed by atoms with Gasteiger partial charge in [-0.25, -0.2) is 0 Å². The van der Waals surface area contributed by atoms with Crippen LogP contribution in [0.4, 0.5) is 5.69 Å². The number of halogens is 1. The van der Waals surface area contributed by atoms with Crippen LogP contribution in [0.3, 0.4) is 0 Å². The highest BCUT2D eigenvalue weighted by Crippen LogP contribution is 2.27. The molecule has 0 bridgehead atoms. The van der Waals surface area contributed by atoms with Crippen molar-refractivity contribution in [3.63, 3.8) is 0 Å². The topological polar surface area (TPSA) is 102 Å². The zero-order chi connectivity index (χ0) is 23.3. The van der Waals surface area contributed by atoms with Gasteiger partial charge < -0.3 is 25.5 Å². The minimum atomic E-state index is -1.20. The number of benzene rings is 2. The number of aryl methyl sites for hydroxylation is 1. The van der Waals surface area contributed by atoms with E-state index in [2.05, 4.69) is 10.3 Å². The number of hydrogen-bond donors (Lipinski definition) is 3. The smallest absolute Gasteiger partial charge is 0.250 e. The molecule has 0 fully saturated rings. The van der Waals surface area contributed by atoms with Gasteiger partial charge in [0.15, 0.2) is 6.29 Å². The van der Waals surface area contributed by atoms with Crippen molar-refractivity contribution in [3.05, 3.63) is 76.7 Å². The molecule has 7 nitrogen and oxygen atoms in total. The highest BCUT2D eigenvalue weighted by Gasteiger charge is 2.16. The lowest BCUT2D eigenvalue weighted by Gasteiger charge is -2.17. The molecule has 1 amide bonds. The molecule has 0 saturated carbocycles.